The Kier molecular flexibility index (Phi) is 3.26. The molecule has 2 aromatic rings. The van der Waals surface area contributed by atoms with E-state index in [1.807, 2.05) is 6.07 Å². The fraction of sp³-hybridized carbons (Fsp3) is 0.273. The van der Waals surface area contributed by atoms with E-state index in [2.05, 4.69) is 10.3 Å². The topological polar surface area (TPSA) is 50.9 Å². The van der Waals surface area contributed by atoms with E-state index >= 15 is 0 Å². The zero-order chi connectivity index (χ0) is 11.4. The summed E-state index contributed by atoms with van der Waals surface area (Å²) in [6, 6.07) is 6.36. The van der Waals surface area contributed by atoms with E-state index in [0.29, 0.717) is 13.0 Å². The van der Waals surface area contributed by atoms with Crippen LogP contribution in [0.3, 0.4) is 0 Å². The molecule has 4 nitrogen and oxygen atoms in total. The van der Waals surface area contributed by atoms with Gasteiger partial charge in [-0.25, -0.2) is 9.07 Å². The summed E-state index contributed by atoms with van der Waals surface area (Å²) in [5, 5.41) is 16.5. The van der Waals surface area contributed by atoms with Crippen LogP contribution in [0.1, 0.15) is 11.3 Å². The molecule has 1 aromatic heterocycles. The maximum atomic E-state index is 12.9. The minimum Gasteiger partial charge on any atom is -0.396 e. The third-order valence-electron chi connectivity index (χ3n) is 2.19. The van der Waals surface area contributed by atoms with Crippen LogP contribution in [0.15, 0.2) is 30.5 Å². The third kappa shape index (κ3) is 2.64. The molecule has 1 heterocycles. The average molecular weight is 221 g/mol. The Labute approximate surface area is 92.3 Å². The Bertz CT molecular complexity index is 470. The van der Waals surface area contributed by atoms with Gasteiger partial charge in [-0.15, -0.1) is 5.10 Å². The molecule has 0 spiro atoms. The van der Waals surface area contributed by atoms with E-state index < -0.39 is 0 Å². The highest BCUT2D eigenvalue weighted by molar-refractivity contribution is 5.16. The molecule has 0 bridgehead atoms. The zero-order valence-electron chi connectivity index (χ0n) is 8.67. The summed E-state index contributed by atoms with van der Waals surface area (Å²) in [5.41, 5.74) is 1.57. The number of hydrogen-bond acceptors (Lipinski definition) is 3. The molecule has 2 rings (SSSR count). The quantitative estimate of drug-likeness (QED) is 0.838. The Hall–Kier alpha value is -1.75. The first-order valence-corrected chi connectivity index (χ1v) is 5.02. The lowest BCUT2D eigenvalue weighted by Crippen LogP contribution is -2.00. The monoisotopic (exact) mass is 221 g/mol. The van der Waals surface area contributed by atoms with Crippen molar-refractivity contribution in [2.24, 2.45) is 0 Å². The molecule has 5 heteroatoms. The van der Waals surface area contributed by atoms with Crippen LogP contribution in [0.4, 0.5) is 4.39 Å². The van der Waals surface area contributed by atoms with Crippen molar-refractivity contribution in [3.63, 3.8) is 0 Å². The molecule has 0 saturated carbocycles. The lowest BCUT2D eigenvalue weighted by molar-refractivity contribution is 0.298. The van der Waals surface area contributed by atoms with Gasteiger partial charge in [-0.05, 0) is 17.7 Å². The fourth-order valence-corrected chi connectivity index (χ4v) is 1.47. The first-order valence-electron chi connectivity index (χ1n) is 5.02. The number of aliphatic hydroxyl groups is 1. The number of halogens is 1. The van der Waals surface area contributed by atoms with Gasteiger partial charge in [-0.3, -0.25) is 0 Å². The Balaban J connectivity index is 2.08. The van der Waals surface area contributed by atoms with Crippen LogP contribution in [-0.4, -0.2) is 26.7 Å². The Morgan fingerprint density at radius 2 is 2.25 bits per heavy atom. The van der Waals surface area contributed by atoms with Gasteiger partial charge in [0.15, 0.2) is 0 Å². The van der Waals surface area contributed by atoms with Gasteiger partial charge >= 0.3 is 0 Å². The first kappa shape index (κ1) is 10.8. The van der Waals surface area contributed by atoms with Crippen molar-refractivity contribution in [3.8, 4) is 0 Å². The van der Waals surface area contributed by atoms with Crippen LogP contribution < -0.4 is 0 Å². The molecule has 0 aliphatic carbocycles. The van der Waals surface area contributed by atoms with Gasteiger partial charge in [0.1, 0.15) is 5.82 Å². The number of aromatic nitrogens is 3. The maximum absolute atomic E-state index is 12.9. The Morgan fingerprint density at radius 1 is 1.38 bits per heavy atom. The summed E-state index contributed by atoms with van der Waals surface area (Å²) in [6.07, 6.45) is 2.24. The molecule has 0 atom stereocenters. The van der Waals surface area contributed by atoms with Crippen LogP contribution in [0.25, 0.3) is 0 Å². The second-order valence-corrected chi connectivity index (χ2v) is 3.51. The van der Waals surface area contributed by atoms with Gasteiger partial charge in [-0.2, -0.15) is 0 Å². The summed E-state index contributed by atoms with van der Waals surface area (Å²) >= 11 is 0. The zero-order valence-corrected chi connectivity index (χ0v) is 8.67. The molecule has 0 amide bonds. The lowest BCUT2D eigenvalue weighted by atomic mass is 10.2. The highest BCUT2D eigenvalue weighted by Crippen LogP contribution is 2.05. The lowest BCUT2D eigenvalue weighted by Gasteiger charge is -2.00. The maximum Gasteiger partial charge on any atom is 0.123 e. The molecule has 84 valence electrons. The molecule has 0 aliphatic rings. The summed E-state index contributed by atoms with van der Waals surface area (Å²) in [4.78, 5) is 0. The molecule has 0 unspecified atom stereocenters. The predicted molar refractivity (Wildman–Crippen MR) is 56.3 cm³/mol. The number of hydrogen-bond donors (Lipinski definition) is 1. The molecule has 0 radical (unpaired) electrons. The number of nitrogens with zero attached hydrogens (tertiary/aromatic N) is 3. The van der Waals surface area contributed by atoms with E-state index in [1.54, 1.807) is 16.9 Å². The van der Waals surface area contributed by atoms with E-state index in [4.69, 9.17) is 5.11 Å². The predicted octanol–water partition coefficient (Wildman–Crippen LogP) is 1.00. The molecule has 0 saturated heterocycles. The summed E-state index contributed by atoms with van der Waals surface area (Å²) in [7, 11) is 0. The second kappa shape index (κ2) is 4.85. The molecular weight excluding hydrogens is 209 g/mol. The second-order valence-electron chi connectivity index (χ2n) is 3.51. The van der Waals surface area contributed by atoms with Crippen molar-refractivity contribution >= 4 is 0 Å². The van der Waals surface area contributed by atoms with Gasteiger partial charge in [0, 0.05) is 19.2 Å². The van der Waals surface area contributed by atoms with Crippen molar-refractivity contribution in [1.29, 1.82) is 0 Å². The highest BCUT2D eigenvalue weighted by Gasteiger charge is 2.01. The van der Waals surface area contributed by atoms with Crippen LogP contribution in [0.5, 0.6) is 0 Å². The minimum atomic E-state index is -0.256. The molecule has 1 aromatic carbocycles. The summed E-state index contributed by atoms with van der Waals surface area (Å²) in [5.74, 6) is -0.256. The molecule has 0 aliphatic heterocycles. The number of rotatable bonds is 4. The van der Waals surface area contributed by atoms with Gasteiger partial charge in [0.05, 0.1) is 12.2 Å². The molecular formula is C11H12FN3O. The number of aliphatic hydroxyl groups excluding tert-OH is 1. The minimum absolute atomic E-state index is 0.0542. The highest BCUT2D eigenvalue weighted by atomic mass is 19.1. The van der Waals surface area contributed by atoms with E-state index in [0.717, 1.165) is 11.3 Å². The van der Waals surface area contributed by atoms with Gasteiger partial charge < -0.3 is 5.11 Å². The van der Waals surface area contributed by atoms with Crippen molar-refractivity contribution < 1.29 is 9.50 Å². The normalized spacial score (nSPS) is 10.6. The van der Waals surface area contributed by atoms with Gasteiger partial charge in [-0.1, -0.05) is 17.3 Å². The van der Waals surface area contributed by atoms with Crippen LogP contribution in [0, 0.1) is 5.82 Å². The summed E-state index contributed by atoms with van der Waals surface area (Å²) < 4.78 is 14.5. The standard InChI is InChI=1S/C11H12FN3O/c12-10-3-1-2-9(6-10)7-15-8-11(4-5-16)13-14-15/h1-3,6,8,16H,4-5,7H2. The van der Waals surface area contributed by atoms with E-state index in [9.17, 15) is 4.39 Å². The van der Waals surface area contributed by atoms with Gasteiger partial charge in [0.2, 0.25) is 0 Å². The van der Waals surface area contributed by atoms with E-state index in [1.165, 1.54) is 12.1 Å². The first-order chi connectivity index (χ1) is 7.78. The summed E-state index contributed by atoms with van der Waals surface area (Å²) in [6.45, 7) is 0.537. The van der Waals surface area contributed by atoms with Crippen molar-refractivity contribution in [2.75, 3.05) is 6.61 Å². The molecule has 0 fully saturated rings. The van der Waals surface area contributed by atoms with Crippen molar-refractivity contribution in [3.05, 3.63) is 47.5 Å². The van der Waals surface area contributed by atoms with Crippen LogP contribution >= 0.6 is 0 Å². The van der Waals surface area contributed by atoms with Crippen molar-refractivity contribution in [2.45, 2.75) is 13.0 Å². The molecule has 1 N–H and O–H groups in total. The fourth-order valence-electron chi connectivity index (χ4n) is 1.47. The average Bonchev–Trinajstić information content (AvgIpc) is 2.66. The number of benzene rings is 1. The Morgan fingerprint density at radius 3 is 3.00 bits per heavy atom. The third-order valence-corrected chi connectivity index (χ3v) is 2.19. The van der Waals surface area contributed by atoms with E-state index in [-0.39, 0.29) is 12.4 Å². The molecule has 16 heavy (non-hydrogen) atoms. The SMILES string of the molecule is OCCc1cn(Cc2cccc(F)c2)nn1. The van der Waals surface area contributed by atoms with Gasteiger partial charge in [0.25, 0.3) is 0 Å². The van der Waals surface area contributed by atoms with Crippen molar-refractivity contribution in [1.82, 2.24) is 15.0 Å². The van der Waals surface area contributed by atoms with Crippen LogP contribution in [-0.2, 0) is 13.0 Å². The largest absolute Gasteiger partial charge is 0.396 e. The van der Waals surface area contributed by atoms with Crippen LogP contribution in [0.2, 0.25) is 0 Å². The smallest absolute Gasteiger partial charge is 0.123 e.